The van der Waals surface area contributed by atoms with E-state index < -0.39 is 0 Å². The molecule has 0 unspecified atom stereocenters. The zero-order valence-electron chi connectivity index (χ0n) is 14.8. The highest BCUT2D eigenvalue weighted by Gasteiger charge is 2.45. The number of unbranched alkanes of at least 4 members (excludes halogenated alkanes) is 2. The van der Waals surface area contributed by atoms with Gasteiger partial charge in [0.25, 0.3) is 0 Å². The summed E-state index contributed by atoms with van der Waals surface area (Å²) in [5.74, 6) is 1.57. The van der Waals surface area contributed by atoms with Crippen molar-refractivity contribution < 1.29 is 4.79 Å². The first-order valence-electron chi connectivity index (χ1n) is 10.2. The zero-order chi connectivity index (χ0) is 15.5. The fourth-order valence-electron chi connectivity index (χ4n) is 5.63. The normalized spacial score (nSPS) is 28.3. The molecule has 3 rings (SSSR count). The standard InChI is InChI=1S/C21H36O/c1-2-3-4-5-18-6-10-20(11-7-18)14-16-21(17-15-20)12-8-19(22)9-13-21/h18H,2-17H2,1H3. The molecular weight excluding hydrogens is 268 g/mol. The molecule has 3 fully saturated rings. The van der Waals surface area contributed by atoms with Crippen molar-refractivity contribution in [3.05, 3.63) is 0 Å². The maximum atomic E-state index is 11.5. The molecule has 0 aromatic carbocycles. The van der Waals surface area contributed by atoms with Crippen LogP contribution in [0, 0.1) is 16.7 Å². The molecule has 3 aliphatic rings. The van der Waals surface area contributed by atoms with Gasteiger partial charge in [0, 0.05) is 12.8 Å². The first-order chi connectivity index (χ1) is 10.7. The highest BCUT2D eigenvalue weighted by molar-refractivity contribution is 5.79. The van der Waals surface area contributed by atoms with Gasteiger partial charge >= 0.3 is 0 Å². The van der Waals surface area contributed by atoms with Crippen molar-refractivity contribution in [2.24, 2.45) is 16.7 Å². The lowest BCUT2D eigenvalue weighted by molar-refractivity contribution is -0.123. The van der Waals surface area contributed by atoms with Crippen molar-refractivity contribution in [3.63, 3.8) is 0 Å². The van der Waals surface area contributed by atoms with E-state index in [1.807, 2.05) is 0 Å². The van der Waals surface area contributed by atoms with Crippen LogP contribution in [0.5, 0.6) is 0 Å². The van der Waals surface area contributed by atoms with E-state index >= 15 is 0 Å². The largest absolute Gasteiger partial charge is 0.300 e. The third-order valence-electron chi connectivity index (χ3n) is 7.62. The van der Waals surface area contributed by atoms with E-state index in [1.54, 1.807) is 0 Å². The van der Waals surface area contributed by atoms with E-state index in [0.717, 1.165) is 18.8 Å². The topological polar surface area (TPSA) is 17.1 Å². The number of ketones is 1. The Morgan fingerprint density at radius 1 is 0.818 bits per heavy atom. The van der Waals surface area contributed by atoms with Gasteiger partial charge in [0.05, 0.1) is 0 Å². The highest BCUT2D eigenvalue weighted by Crippen LogP contribution is 2.57. The quantitative estimate of drug-likeness (QED) is 0.546. The predicted molar refractivity (Wildman–Crippen MR) is 92.9 cm³/mol. The molecule has 3 aliphatic carbocycles. The smallest absolute Gasteiger partial charge is 0.132 e. The van der Waals surface area contributed by atoms with Gasteiger partial charge in [-0.05, 0) is 81.0 Å². The summed E-state index contributed by atoms with van der Waals surface area (Å²) in [4.78, 5) is 11.5. The third kappa shape index (κ3) is 3.77. The van der Waals surface area contributed by atoms with E-state index in [4.69, 9.17) is 0 Å². The Labute approximate surface area is 137 Å². The molecule has 0 amide bonds. The lowest BCUT2D eigenvalue weighted by atomic mass is 9.55. The molecule has 3 saturated carbocycles. The van der Waals surface area contributed by atoms with Crippen LogP contribution in [0.25, 0.3) is 0 Å². The van der Waals surface area contributed by atoms with Gasteiger partial charge in [0.2, 0.25) is 0 Å². The summed E-state index contributed by atoms with van der Waals surface area (Å²) in [5.41, 5.74) is 1.30. The molecular formula is C21H36O. The van der Waals surface area contributed by atoms with Crippen LogP contribution >= 0.6 is 0 Å². The van der Waals surface area contributed by atoms with Crippen LogP contribution in [0.4, 0.5) is 0 Å². The van der Waals surface area contributed by atoms with Crippen molar-refractivity contribution in [1.82, 2.24) is 0 Å². The maximum absolute atomic E-state index is 11.5. The SMILES string of the molecule is CCCCCC1CCC2(CC1)CCC1(CCC(=O)CC1)CC2. The number of hydrogen-bond acceptors (Lipinski definition) is 1. The van der Waals surface area contributed by atoms with Crippen LogP contribution in [0.2, 0.25) is 0 Å². The molecule has 0 aliphatic heterocycles. The van der Waals surface area contributed by atoms with Crippen LogP contribution in [0.15, 0.2) is 0 Å². The van der Waals surface area contributed by atoms with Crippen molar-refractivity contribution >= 4 is 5.78 Å². The molecule has 1 heteroatoms. The predicted octanol–water partition coefficient (Wildman–Crippen LogP) is 6.45. The van der Waals surface area contributed by atoms with Crippen molar-refractivity contribution in [3.8, 4) is 0 Å². The average Bonchev–Trinajstić information content (AvgIpc) is 2.56. The summed E-state index contributed by atoms with van der Waals surface area (Å²) >= 11 is 0. The zero-order valence-corrected chi connectivity index (χ0v) is 14.8. The summed E-state index contributed by atoms with van der Waals surface area (Å²) in [6.07, 6.45) is 21.8. The van der Waals surface area contributed by atoms with Crippen LogP contribution in [-0.4, -0.2) is 5.78 Å². The Morgan fingerprint density at radius 2 is 1.36 bits per heavy atom. The third-order valence-corrected chi connectivity index (χ3v) is 7.62. The number of carbonyl (C=O) groups is 1. The minimum atomic E-state index is 0.526. The molecule has 0 saturated heterocycles. The molecule has 0 heterocycles. The van der Waals surface area contributed by atoms with E-state index in [1.165, 1.54) is 89.9 Å². The minimum Gasteiger partial charge on any atom is -0.300 e. The number of Topliss-reactive ketones (excluding diaryl/α,β-unsaturated/α-hetero) is 1. The molecule has 0 N–H and O–H groups in total. The van der Waals surface area contributed by atoms with Crippen LogP contribution < -0.4 is 0 Å². The van der Waals surface area contributed by atoms with E-state index in [9.17, 15) is 4.79 Å². The second-order valence-corrected chi connectivity index (χ2v) is 8.98. The number of rotatable bonds is 4. The van der Waals surface area contributed by atoms with Crippen LogP contribution in [0.3, 0.4) is 0 Å². The Kier molecular flexibility index (Phi) is 5.30. The maximum Gasteiger partial charge on any atom is 0.132 e. The van der Waals surface area contributed by atoms with Crippen molar-refractivity contribution in [2.45, 2.75) is 110 Å². The van der Waals surface area contributed by atoms with Gasteiger partial charge in [0.1, 0.15) is 5.78 Å². The number of hydrogen-bond donors (Lipinski definition) is 0. The number of carbonyl (C=O) groups excluding carboxylic acids is 1. The lowest BCUT2D eigenvalue weighted by Gasteiger charge is -2.50. The van der Waals surface area contributed by atoms with Crippen molar-refractivity contribution in [1.29, 1.82) is 0 Å². The molecule has 22 heavy (non-hydrogen) atoms. The van der Waals surface area contributed by atoms with Gasteiger partial charge in [0.15, 0.2) is 0 Å². The minimum absolute atomic E-state index is 0.526. The Morgan fingerprint density at radius 3 is 1.91 bits per heavy atom. The van der Waals surface area contributed by atoms with Gasteiger partial charge in [-0.1, -0.05) is 32.6 Å². The Bertz CT molecular complexity index is 353. The van der Waals surface area contributed by atoms with Gasteiger partial charge in [-0.15, -0.1) is 0 Å². The van der Waals surface area contributed by atoms with Crippen LogP contribution in [0.1, 0.15) is 110 Å². The molecule has 0 radical (unpaired) electrons. The molecule has 0 aromatic rings. The van der Waals surface area contributed by atoms with E-state index in [-0.39, 0.29) is 0 Å². The van der Waals surface area contributed by atoms with Crippen molar-refractivity contribution in [2.75, 3.05) is 0 Å². The molecule has 126 valence electrons. The fraction of sp³-hybridized carbons (Fsp3) is 0.952. The monoisotopic (exact) mass is 304 g/mol. The Balaban J connectivity index is 1.44. The fourth-order valence-corrected chi connectivity index (χ4v) is 5.63. The summed E-state index contributed by atoms with van der Waals surface area (Å²) in [5, 5.41) is 0. The highest BCUT2D eigenvalue weighted by atomic mass is 16.1. The molecule has 2 spiro atoms. The van der Waals surface area contributed by atoms with E-state index in [2.05, 4.69) is 6.92 Å². The summed E-state index contributed by atoms with van der Waals surface area (Å²) < 4.78 is 0. The second-order valence-electron chi connectivity index (χ2n) is 8.98. The average molecular weight is 305 g/mol. The summed E-state index contributed by atoms with van der Waals surface area (Å²) in [6, 6.07) is 0. The lowest BCUT2D eigenvalue weighted by Crippen LogP contribution is -2.39. The molecule has 0 atom stereocenters. The van der Waals surface area contributed by atoms with Gasteiger partial charge in [-0.3, -0.25) is 4.79 Å². The first kappa shape index (κ1) is 16.5. The Hall–Kier alpha value is -0.330. The first-order valence-corrected chi connectivity index (χ1v) is 10.2. The van der Waals surface area contributed by atoms with E-state index in [0.29, 0.717) is 16.6 Å². The van der Waals surface area contributed by atoms with Crippen LogP contribution in [-0.2, 0) is 4.79 Å². The second kappa shape index (κ2) is 7.05. The molecule has 1 nitrogen and oxygen atoms in total. The summed E-state index contributed by atoms with van der Waals surface area (Å²) in [6.45, 7) is 2.31. The van der Waals surface area contributed by atoms with Gasteiger partial charge in [-0.25, -0.2) is 0 Å². The summed E-state index contributed by atoms with van der Waals surface area (Å²) in [7, 11) is 0. The van der Waals surface area contributed by atoms with Gasteiger partial charge in [-0.2, -0.15) is 0 Å². The van der Waals surface area contributed by atoms with Gasteiger partial charge < -0.3 is 0 Å². The molecule has 0 aromatic heterocycles. The molecule has 0 bridgehead atoms.